The molecule has 6 nitrogen and oxygen atoms in total. The van der Waals surface area contributed by atoms with Crippen LogP contribution in [0, 0.1) is 17.8 Å². The van der Waals surface area contributed by atoms with Crippen LogP contribution in [0.3, 0.4) is 0 Å². The van der Waals surface area contributed by atoms with Crippen molar-refractivity contribution in [3.8, 4) is 5.88 Å². The Hall–Kier alpha value is -1.85. The number of carbonyl (C=O) groups excluding carboxylic acids is 1. The third kappa shape index (κ3) is 2.47. The fourth-order valence-electron chi connectivity index (χ4n) is 3.29. The lowest BCUT2D eigenvalue weighted by Gasteiger charge is -2.20. The van der Waals surface area contributed by atoms with Crippen LogP contribution in [0.4, 0.5) is 5.95 Å². The molecule has 2 fully saturated rings. The minimum absolute atomic E-state index is 0.0543. The number of hydrogen-bond acceptors (Lipinski definition) is 5. The summed E-state index contributed by atoms with van der Waals surface area (Å²) in [6.07, 6.45) is 6.31. The molecular weight excluding hydrogens is 244 g/mol. The summed E-state index contributed by atoms with van der Waals surface area (Å²) in [5, 5.41) is 0. The zero-order valence-corrected chi connectivity index (χ0v) is 10.9. The second-order valence-corrected chi connectivity index (χ2v) is 5.32. The highest BCUT2D eigenvalue weighted by Gasteiger charge is 2.43. The van der Waals surface area contributed by atoms with Gasteiger partial charge in [-0.05, 0) is 31.1 Å². The summed E-state index contributed by atoms with van der Waals surface area (Å²) in [6, 6.07) is 1.66. The van der Waals surface area contributed by atoms with Crippen LogP contribution in [0.15, 0.2) is 12.3 Å². The zero-order valence-electron chi connectivity index (χ0n) is 10.9. The van der Waals surface area contributed by atoms with Gasteiger partial charge in [0.05, 0.1) is 7.11 Å². The van der Waals surface area contributed by atoms with Gasteiger partial charge in [0, 0.05) is 18.2 Å². The number of methoxy groups -OCH3 is 1. The van der Waals surface area contributed by atoms with Gasteiger partial charge in [-0.15, -0.1) is 0 Å². The Balaban J connectivity index is 1.55. The molecule has 3 rings (SSSR count). The predicted octanol–water partition coefficient (Wildman–Crippen LogP) is 1.36. The van der Waals surface area contributed by atoms with Crippen molar-refractivity contribution in [1.82, 2.24) is 15.4 Å². The van der Waals surface area contributed by atoms with E-state index in [1.165, 1.54) is 19.3 Å². The van der Waals surface area contributed by atoms with Crippen molar-refractivity contribution in [3.05, 3.63) is 12.3 Å². The molecule has 6 heteroatoms. The molecule has 19 heavy (non-hydrogen) atoms. The van der Waals surface area contributed by atoms with Crippen molar-refractivity contribution in [2.75, 3.05) is 12.5 Å². The largest absolute Gasteiger partial charge is 0.481 e. The van der Waals surface area contributed by atoms with Crippen molar-refractivity contribution in [1.29, 1.82) is 0 Å². The molecule has 102 valence electrons. The molecule has 2 saturated carbocycles. The molecule has 0 radical (unpaired) electrons. The van der Waals surface area contributed by atoms with Crippen molar-refractivity contribution in [2.24, 2.45) is 17.8 Å². The van der Waals surface area contributed by atoms with E-state index in [1.807, 2.05) is 0 Å². The van der Waals surface area contributed by atoms with Crippen LogP contribution in [-0.2, 0) is 4.79 Å². The van der Waals surface area contributed by atoms with E-state index in [9.17, 15) is 4.79 Å². The Morgan fingerprint density at radius 1 is 1.42 bits per heavy atom. The maximum atomic E-state index is 12.1. The molecule has 3 unspecified atom stereocenters. The number of aromatic nitrogens is 2. The van der Waals surface area contributed by atoms with Crippen molar-refractivity contribution >= 4 is 11.9 Å². The topological polar surface area (TPSA) is 76.1 Å². The van der Waals surface area contributed by atoms with Gasteiger partial charge in [-0.2, -0.15) is 4.98 Å². The second-order valence-electron chi connectivity index (χ2n) is 5.32. The van der Waals surface area contributed by atoms with E-state index in [2.05, 4.69) is 20.8 Å². The average Bonchev–Trinajstić information content (AvgIpc) is 3.07. The van der Waals surface area contributed by atoms with Crippen LogP contribution in [0.25, 0.3) is 0 Å². The van der Waals surface area contributed by atoms with Gasteiger partial charge in [0.1, 0.15) is 0 Å². The highest BCUT2D eigenvalue weighted by molar-refractivity contribution is 5.80. The minimum atomic E-state index is 0.0543. The smallest absolute Gasteiger partial charge is 0.245 e. The number of ether oxygens (including phenoxy) is 1. The highest BCUT2D eigenvalue weighted by Crippen LogP contribution is 2.48. The lowest BCUT2D eigenvalue weighted by Crippen LogP contribution is -2.37. The van der Waals surface area contributed by atoms with Crippen LogP contribution < -0.4 is 15.6 Å². The van der Waals surface area contributed by atoms with Gasteiger partial charge in [-0.3, -0.25) is 15.6 Å². The molecule has 2 aliphatic rings. The van der Waals surface area contributed by atoms with E-state index in [-0.39, 0.29) is 11.8 Å². The Labute approximate surface area is 111 Å². The lowest BCUT2D eigenvalue weighted by atomic mass is 9.88. The Morgan fingerprint density at radius 3 is 3.00 bits per heavy atom. The maximum absolute atomic E-state index is 12.1. The van der Waals surface area contributed by atoms with E-state index >= 15 is 0 Å². The molecule has 1 amide bonds. The summed E-state index contributed by atoms with van der Waals surface area (Å²) in [5.74, 6) is 2.34. The molecule has 1 aromatic heterocycles. The Bertz CT molecular complexity index is 479. The molecular formula is C13H18N4O2. The van der Waals surface area contributed by atoms with Gasteiger partial charge in [-0.25, -0.2) is 4.98 Å². The van der Waals surface area contributed by atoms with Gasteiger partial charge in [-0.1, -0.05) is 6.42 Å². The van der Waals surface area contributed by atoms with Gasteiger partial charge < -0.3 is 4.74 Å². The number of nitrogens with one attached hydrogen (secondary N) is 2. The van der Waals surface area contributed by atoms with Crippen LogP contribution in [0.2, 0.25) is 0 Å². The fourth-order valence-corrected chi connectivity index (χ4v) is 3.29. The monoisotopic (exact) mass is 262 g/mol. The van der Waals surface area contributed by atoms with Crippen LogP contribution in [-0.4, -0.2) is 23.0 Å². The lowest BCUT2D eigenvalue weighted by molar-refractivity contribution is -0.126. The third-order valence-electron chi connectivity index (χ3n) is 4.21. The normalized spacial score (nSPS) is 28.2. The standard InChI is InChI=1S/C13H18N4O2/c1-19-11-4-5-14-13(15-11)17-16-12(18)10-7-8-2-3-9(10)6-8/h4-5,8-10H,2-3,6-7H2,1H3,(H,16,18)(H,14,15,17). The molecule has 2 bridgehead atoms. The van der Waals surface area contributed by atoms with Crippen molar-refractivity contribution < 1.29 is 9.53 Å². The first-order chi connectivity index (χ1) is 9.26. The van der Waals surface area contributed by atoms with Crippen LogP contribution in [0.1, 0.15) is 25.7 Å². The molecule has 3 atom stereocenters. The number of fused-ring (bicyclic) bond motifs is 2. The zero-order chi connectivity index (χ0) is 13.2. The Morgan fingerprint density at radius 2 is 2.32 bits per heavy atom. The van der Waals surface area contributed by atoms with E-state index < -0.39 is 0 Å². The maximum Gasteiger partial charge on any atom is 0.245 e. The average molecular weight is 262 g/mol. The SMILES string of the molecule is COc1ccnc(NNC(=O)C2CC3CCC2C3)n1. The first kappa shape index (κ1) is 12.2. The molecule has 0 aliphatic heterocycles. The summed E-state index contributed by atoms with van der Waals surface area (Å²) in [5.41, 5.74) is 5.46. The highest BCUT2D eigenvalue weighted by atomic mass is 16.5. The third-order valence-corrected chi connectivity index (χ3v) is 4.21. The number of hydrogen-bond donors (Lipinski definition) is 2. The molecule has 1 aromatic rings. The molecule has 2 N–H and O–H groups in total. The van der Waals surface area contributed by atoms with Crippen LogP contribution in [0.5, 0.6) is 5.88 Å². The predicted molar refractivity (Wildman–Crippen MR) is 69.3 cm³/mol. The first-order valence-corrected chi connectivity index (χ1v) is 6.69. The molecule has 0 aromatic carbocycles. The summed E-state index contributed by atoms with van der Waals surface area (Å²) in [4.78, 5) is 20.2. The van der Waals surface area contributed by atoms with E-state index in [0.29, 0.717) is 17.7 Å². The van der Waals surface area contributed by atoms with Crippen molar-refractivity contribution in [2.45, 2.75) is 25.7 Å². The van der Waals surface area contributed by atoms with E-state index in [4.69, 9.17) is 4.74 Å². The Kier molecular flexibility index (Phi) is 3.23. The van der Waals surface area contributed by atoms with Gasteiger partial charge >= 0.3 is 0 Å². The van der Waals surface area contributed by atoms with Gasteiger partial charge in [0.25, 0.3) is 0 Å². The van der Waals surface area contributed by atoms with Crippen LogP contribution >= 0.6 is 0 Å². The number of carbonyl (C=O) groups is 1. The van der Waals surface area contributed by atoms with Crippen molar-refractivity contribution in [3.63, 3.8) is 0 Å². The summed E-state index contributed by atoms with van der Waals surface area (Å²) < 4.78 is 5.00. The second kappa shape index (κ2) is 5.03. The summed E-state index contributed by atoms with van der Waals surface area (Å²) in [6.45, 7) is 0. The van der Waals surface area contributed by atoms with E-state index in [1.54, 1.807) is 19.4 Å². The number of nitrogens with zero attached hydrogens (tertiary/aromatic N) is 2. The number of rotatable bonds is 4. The number of hydrazine groups is 1. The number of anilines is 1. The molecule has 1 heterocycles. The first-order valence-electron chi connectivity index (χ1n) is 6.69. The van der Waals surface area contributed by atoms with E-state index in [0.717, 1.165) is 12.3 Å². The fraction of sp³-hybridized carbons (Fsp3) is 0.615. The van der Waals surface area contributed by atoms with Gasteiger partial charge in [0.15, 0.2) is 0 Å². The summed E-state index contributed by atoms with van der Waals surface area (Å²) in [7, 11) is 1.54. The van der Waals surface area contributed by atoms with Gasteiger partial charge in [0.2, 0.25) is 17.7 Å². The molecule has 2 aliphatic carbocycles. The summed E-state index contributed by atoms with van der Waals surface area (Å²) >= 11 is 0. The quantitative estimate of drug-likeness (QED) is 0.801. The molecule has 0 saturated heterocycles. The number of amides is 1. The molecule has 0 spiro atoms. The minimum Gasteiger partial charge on any atom is -0.481 e.